The van der Waals surface area contributed by atoms with Crippen LogP contribution in [0.2, 0.25) is 0 Å². The normalized spacial score (nSPS) is 22.7. The summed E-state index contributed by atoms with van der Waals surface area (Å²) in [6.45, 7) is 3.31. The molecule has 3 aliphatic heterocycles. The van der Waals surface area contributed by atoms with Crippen LogP contribution in [0.3, 0.4) is 0 Å². The molecular weight excluding hydrogens is 444 g/mol. The van der Waals surface area contributed by atoms with E-state index >= 15 is 0 Å². The molecule has 2 N–H and O–H groups in total. The average molecular weight is 473 g/mol. The highest BCUT2D eigenvalue weighted by atomic mass is 16.5. The van der Waals surface area contributed by atoms with Crippen molar-refractivity contribution in [2.24, 2.45) is 10.7 Å². The van der Waals surface area contributed by atoms with Gasteiger partial charge in [-0.05, 0) is 48.4 Å². The molecule has 180 valence electrons. The van der Waals surface area contributed by atoms with E-state index in [9.17, 15) is 0 Å². The lowest BCUT2D eigenvalue weighted by Crippen LogP contribution is -2.43. The third-order valence-corrected chi connectivity index (χ3v) is 6.93. The number of hydrogen-bond acceptors (Lipinski definition) is 8. The highest BCUT2D eigenvalue weighted by Gasteiger charge is 2.47. The first kappa shape index (κ1) is 21.9. The number of rotatable bonds is 5. The molecule has 0 saturated carbocycles. The van der Waals surface area contributed by atoms with Gasteiger partial charge in [-0.3, -0.25) is 4.98 Å². The number of hydrogen-bond donors (Lipinski definition) is 1. The molecule has 1 saturated heterocycles. The second kappa shape index (κ2) is 8.87. The molecule has 6 rings (SSSR count). The van der Waals surface area contributed by atoms with Crippen LogP contribution < -0.4 is 15.4 Å². The van der Waals surface area contributed by atoms with Crippen molar-refractivity contribution in [3.8, 4) is 22.6 Å². The Morgan fingerprint density at radius 1 is 1.11 bits per heavy atom. The fourth-order valence-electron chi connectivity index (χ4n) is 5.13. The number of fused-ring (bicyclic) bond motifs is 4. The van der Waals surface area contributed by atoms with Gasteiger partial charge >= 0.3 is 0 Å². The summed E-state index contributed by atoms with van der Waals surface area (Å²) in [5, 5.41) is 0. The van der Waals surface area contributed by atoms with Crippen molar-refractivity contribution >= 4 is 11.7 Å². The van der Waals surface area contributed by atoms with E-state index in [2.05, 4.69) is 28.1 Å². The van der Waals surface area contributed by atoms with E-state index in [4.69, 9.17) is 29.7 Å². The van der Waals surface area contributed by atoms with Gasteiger partial charge in [0.1, 0.15) is 18.1 Å². The molecular formula is C27H28N4O4. The Labute approximate surface area is 204 Å². The number of nitrogens with zero attached hydrogens (tertiary/aromatic N) is 3. The van der Waals surface area contributed by atoms with Gasteiger partial charge < -0.3 is 29.6 Å². The zero-order valence-corrected chi connectivity index (χ0v) is 19.6. The first-order valence-corrected chi connectivity index (χ1v) is 11.9. The van der Waals surface area contributed by atoms with Crippen LogP contribution in [0.4, 0.5) is 5.69 Å². The van der Waals surface area contributed by atoms with Gasteiger partial charge in [-0.2, -0.15) is 0 Å². The Kier molecular flexibility index (Phi) is 5.54. The lowest BCUT2D eigenvalue weighted by molar-refractivity contribution is 0.0191. The van der Waals surface area contributed by atoms with Gasteiger partial charge in [-0.25, -0.2) is 4.99 Å². The number of aromatic nitrogens is 1. The zero-order valence-electron chi connectivity index (χ0n) is 19.6. The van der Waals surface area contributed by atoms with E-state index < -0.39 is 5.54 Å². The first-order valence-electron chi connectivity index (χ1n) is 11.9. The number of anilines is 1. The van der Waals surface area contributed by atoms with E-state index in [1.807, 2.05) is 36.5 Å². The number of methoxy groups -OCH3 is 1. The largest absolute Gasteiger partial charge is 0.462 e. The molecule has 0 amide bonds. The molecule has 4 heterocycles. The highest BCUT2D eigenvalue weighted by Crippen LogP contribution is 2.52. The fourth-order valence-corrected chi connectivity index (χ4v) is 5.13. The molecule has 3 aromatic rings. The average Bonchev–Trinajstić information content (AvgIpc) is 3.30. The topological polar surface area (TPSA) is 91.4 Å². The standard InChI is InChI=1S/C27H28N4O4/c1-32-11-8-21-16-31(10-12-33-21)20-5-7-25-23(14-20)27(17-34-26(28)30-27)22-13-18(4-6-24(22)35-25)19-3-2-9-29-15-19/h2-7,9,13-15,21H,8,10-12,16-17H2,1H3,(H2,28,30)/t21-,27+/m1/s1. The maximum atomic E-state index is 6.37. The summed E-state index contributed by atoms with van der Waals surface area (Å²) in [5.74, 6) is 1.52. The predicted molar refractivity (Wildman–Crippen MR) is 133 cm³/mol. The summed E-state index contributed by atoms with van der Waals surface area (Å²) < 4.78 is 23.3. The molecule has 35 heavy (non-hydrogen) atoms. The van der Waals surface area contributed by atoms with Crippen molar-refractivity contribution in [3.63, 3.8) is 0 Å². The van der Waals surface area contributed by atoms with Crippen molar-refractivity contribution in [2.75, 3.05) is 44.9 Å². The third kappa shape index (κ3) is 3.88. The van der Waals surface area contributed by atoms with Crippen LogP contribution >= 0.6 is 0 Å². The summed E-state index contributed by atoms with van der Waals surface area (Å²) in [5.41, 5.74) is 10.4. The van der Waals surface area contributed by atoms with Crippen molar-refractivity contribution in [3.05, 3.63) is 72.1 Å². The number of pyridine rings is 1. The maximum absolute atomic E-state index is 6.37. The number of morpholine rings is 1. The lowest BCUT2D eigenvalue weighted by atomic mass is 9.80. The Bertz CT molecular complexity index is 1270. The summed E-state index contributed by atoms with van der Waals surface area (Å²) in [4.78, 5) is 11.5. The van der Waals surface area contributed by atoms with E-state index in [1.165, 1.54) is 0 Å². The molecule has 0 unspecified atom stereocenters. The lowest BCUT2D eigenvalue weighted by Gasteiger charge is -2.37. The molecule has 8 heteroatoms. The summed E-state index contributed by atoms with van der Waals surface area (Å²) in [7, 11) is 1.72. The number of benzene rings is 2. The molecule has 0 aliphatic carbocycles. The molecule has 3 aliphatic rings. The van der Waals surface area contributed by atoms with Crippen LogP contribution in [-0.4, -0.2) is 57.1 Å². The van der Waals surface area contributed by atoms with Gasteiger partial charge in [0.25, 0.3) is 6.02 Å². The Balaban J connectivity index is 1.41. The Hall–Kier alpha value is -3.62. The first-order chi connectivity index (χ1) is 17.2. The third-order valence-electron chi connectivity index (χ3n) is 6.93. The van der Waals surface area contributed by atoms with Crippen molar-refractivity contribution in [2.45, 2.75) is 18.1 Å². The van der Waals surface area contributed by atoms with E-state index in [0.717, 1.165) is 59.0 Å². The van der Waals surface area contributed by atoms with Gasteiger partial charge in [0.2, 0.25) is 0 Å². The van der Waals surface area contributed by atoms with Crippen molar-refractivity contribution in [1.82, 2.24) is 4.98 Å². The summed E-state index contributed by atoms with van der Waals surface area (Å²) in [6.07, 6.45) is 4.62. The zero-order chi connectivity index (χ0) is 23.8. The SMILES string of the molecule is COCC[C@@H]1CN(c2ccc3c(c2)[C@]2(COC(N)=N2)c2cc(-c4cccnc4)ccc2O3)CCO1. The van der Waals surface area contributed by atoms with Crippen molar-refractivity contribution in [1.29, 1.82) is 0 Å². The Morgan fingerprint density at radius 2 is 1.97 bits per heavy atom. The minimum Gasteiger partial charge on any atom is -0.462 e. The second-order valence-corrected chi connectivity index (χ2v) is 9.05. The number of aliphatic imine (C=N–C) groups is 1. The fraction of sp³-hybridized carbons (Fsp3) is 0.333. The van der Waals surface area contributed by atoms with E-state index in [1.54, 1.807) is 13.3 Å². The molecule has 1 spiro atoms. The smallest absolute Gasteiger partial charge is 0.283 e. The monoisotopic (exact) mass is 472 g/mol. The van der Waals surface area contributed by atoms with Gasteiger partial charge in [0.15, 0.2) is 5.54 Å². The number of amidine groups is 1. The van der Waals surface area contributed by atoms with Crippen LogP contribution in [0.5, 0.6) is 11.5 Å². The summed E-state index contributed by atoms with van der Waals surface area (Å²) >= 11 is 0. The van der Waals surface area contributed by atoms with Gasteiger partial charge in [0, 0.05) is 61.6 Å². The van der Waals surface area contributed by atoms with Gasteiger partial charge in [0.05, 0.1) is 12.7 Å². The molecule has 0 bridgehead atoms. The van der Waals surface area contributed by atoms with E-state index in [0.29, 0.717) is 19.8 Å². The molecule has 0 radical (unpaired) electrons. The van der Waals surface area contributed by atoms with Crippen LogP contribution in [-0.2, 0) is 19.7 Å². The van der Waals surface area contributed by atoms with Crippen LogP contribution in [0.15, 0.2) is 65.9 Å². The van der Waals surface area contributed by atoms with Crippen molar-refractivity contribution < 1.29 is 18.9 Å². The molecule has 2 atom stereocenters. The number of nitrogens with two attached hydrogens (primary N) is 1. The second-order valence-electron chi connectivity index (χ2n) is 9.05. The van der Waals surface area contributed by atoms with Crippen LogP contribution in [0, 0.1) is 0 Å². The van der Waals surface area contributed by atoms with Gasteiger partial charge in [-0.1, -0.05) is 12.1 Å². The van der Waals surface area contributed by atoms with Crippen LogP contribution in [0.25, 0.3) is 11.1 Å². The molecule has 1 fully saturated rings. The Morgan fingerprint density at radius 3 is 2.74 bits per heavy atom. The summed E-state index contributed by atoms with van der Waals surface area (Å²) in [6, 6.07) is 16.6. The van der Waals surface area contributed by atoms with E-state index in [-0.39, 0.29) is 12.1 Å². The molecule has 8 nitrogen and oxygen atoms in total. The molecule has 2 aromatic carbocycles. The quantitative estimate of drug-likeness (QED) is 0.606. The minimum atomic E-state index is -0.775. The van der Waals surface area contributed by atoms with Crippen LogP contribution in [0.1, 0.15) is 17.5 Å². The number of ether oxygens (including phenoxy) is 4. The highest BCUT2D eigenvalue weighted by molar-refractivity contribution is 5.78. The predicted octanol–water partition coefficient (Wildman–Crippen LogP) is 3.68. The molecule has 1 aromatic heterocycles. The van der Waals surface area contributed by atoms with Gasteiger partial charge in [-0.15, -0.1) is 0 Å². The maximum Gasteiger partial charge on any atom is 0.283 e. The minimum absolute atomic E-state index is 0.135.